The largest absolute Gasteiger partial charge is 0.366 e. The van der Waals surface area contributed by atoms with Crippen LogP contribution < -0.4 is 0 Å². The van der Waals surface area contributed by atoms with Crippen LogP contribution in [-0.2, 0) is 9.47 Å². The second-order valence-corrected chi connectivity index (χ2v) is 7.94. The van der Waals surface area contributed by atoms with Crippen molar-refractivity contribution in [1.82, 2.24) is 0 Å². The fourth-order valence-corrected chi connectivity index (χ4v) is 5.45. The molecule has 7 atom stereocenters. The van der Waals surface area contributed by atoms with Gasteiger partial charge in [-0.3, -0.25) is 0 Å². The van der Waals surface area contributed by atoms with E-state index >= 15 is 0 Å². The normalized spacial score (nSPS) is 57.0. The summed E-state index contributed by atoms with van der Waals surface area (Å²) < 4.78 is 12.0. The molecule has 0 aromatic carbocycles. The van der Waals surface area contributed by atoms with E-state index in [1.165, 1.54) is 44.9 Å². The zero-order chi connectivity index (χ0) is 13.3. The van der Waals surface area contributed by atoms with Gasteiger partial charge >= 0.3 is 0 Å². The molecule has 0 spiro atoms. The van der Waals surface area contributed by atoms with E-state index in [1.54, 1.807) is 0 Å². The van der Waals surface area contributed by atoms with Gasteiger partial charge in [0, 0.05) is 0 Å². The first kappa shape index (κ1) is 12.6. The van der Waals surface area contributed by atoms with Gasteiger partial charge in [-0.2, -0.15) is 0 Å². The molecule has 0 aromatic heterocycles. The Morgan fingerprint density at radius 1 is 1.11 bits per heavy atom. The van der Waals surface area contributed by atoms with E-state index in [9.17, 15) is 0 Å². The lowest BCUT2D eigenvalue weighted by Gasteiger charge is -2.37. The van der Waals surface area contributed by atoms with Crippen LogP contribution in [0.3, 0.4) is 0 Å². The quantitative estimate of drug-likeness (QED) is 0.722. The highest BCUT2D eigenvalue weighted by Gasteiger charge is 2.61. The third-order valence-corrected chi connectivity index (χ3v) is 6.67. The predicted molar refractivity (Wildman–Crippen MR) is 75.0 cm³/mol. The van der Waals surface area contributed by atoms with Gasteiger partial charge in [0.25, 0.3) is 0 Å². The molecule has 4 aliphatic rings. The predicted octanol–water partition coefficient (Wildman–Crippen LogP) is 3.93. The Hall–Kier alpha value is -0.0800. The molecule has 19 heavy (non-hydrogen) atoms. The van der Waals surface area contributed by atoms with Crippen molar-refractivity contribution < 1.29 is 9.47 Å². The summed E-state index contributed by atoms with van der Waals surface area (Å²) in [6.45, 7) is 7.05. The molecule has 108 valence electrons. The third kappa shape index (κ3) is 1.90. The van der Waals surface area contributed by atoms with Gasteiger partial charge in [0.05, 0.1) is 23.4 Å². The highest BCUT2D eigenvalue weighted by Crippen LogP contribution is 2.58. The van der Waals surface area contributed by atoms with Crippen molar-refractivity contribution in [1.29, 1.82) is 0 Å². The Morgan fingerprint density at radius 3 is 2.68 bits per heavy atom. The average Bonchev–Trinajstić information content (AvgIpc) is 3.23. The number of ether oxygens (including phenoxy) is 2. The molecule has 0 amide bonds. The second kappa shape index (κ2) is 3.98. The molecule has 2 aliphatic heterocycles. The van der Waals surface area contributed by atoms with Crippen LogP contribution in [0.5, 0.6) is 0 Å². The molecule has 2 heteroatoms. The van der Waals surface area contributed by atoms with Crippen LogP contribution in [0.4, 0.5) is 0 Å². The van der Waals surface area contributed by atoms with Crippen molar-refractivity contribution in [2.75, 3.05) is 0 Å². The Kier molecular flexibility index (Phi) is 2.65. The van der Waals surface area contributed by atoms with Crippen molar-refractivity contribution in [3.05, 3.63) is 0 Å². The van der Waals surface area contributed by atoms with Gasteiger partial charge in [0.15, 0.2) is 0 Å². The van der Waals surface area contributed by atoms with Crippen molar-refractivity contribution in [3.8, 4) is 0 Å². The van der Waals surface area contributed by atoms with E-state index in [-0.39, 0.29) is 11.2 Å². The van der Waals surface area contributed by atoms with Crippen LogP contribution in [0.25, 0.3) is 0 Å². The topological polar surface area (TPSA) is 25.1 Å². The van der Waals surface area contributed by atoms with E-state index in [0.717, 1.165) is 17.8 Å². The number of epoxide rings is 2. The first-order valence-corrected chi connectivity index (χ1v) is 8.41. The Morgan fingerprint density at radius 2 is 1.95 bits per heavy atom. The van der Waals surface area contributed by atoms with Gasteiger partial charge in [0.1, 0.15) is 0 Å². The molecule has 2 saturated heterocycles. The van der Waals surface area contributed by atoms with Crippen LogP contribution in [0.1, 0.15) is 65.7 Å². The molecule has 0 radical (unpaired) electrons. The molecular weight excluding hydrogens is 236 g/mol. The maximum absolute atomic E-state index is 6.08. The van der Waals surface area contributed by atoms with Crippen molar-refractivity contribution in [3.63, 3.8) is 0 Å². The summed E-state index contributed by atoms with van der Waals surface area (Å²) in [7, 11) is 0. The average molecular weight is 264 g/mol. The minimum Gasteiger partial charge on any atom is -0.366 e. The molecule has 2 saturated carbocycles. The van der Waals surface area contributed by atoms with Crippen molar-refractivity contribution >= 4 is 0 Å². The molecule has 2 aliphatic carbocycles. The van der Waals surface area contributed by atoms with Gasteiger partial charge in [-0.25, -0.2) is 0 Å². The Labute approximate surface area is 117 Å². The summed E-state index contributed by atoms with van der Waals surface area (Å²) in [5, 5.41) is 0. The first-order valence-electron chi connectivity index (χ1n) is 8.41. The minimum atomic E-state index is 0.249. The maximum Gasteiger partial charge on any atom is 0.0923 e. The summed E-state index contributed by atoms with van der Waals surface area (Å²) in [5.74, 6) is 2.58. The van der Waals surface area contributed by atoms with E-state index < -0.39 is 0 Å². The third-order valence-electron chi connectivity index (χ3n) is 6.67. The first-order chi connectivity index (χ1) is 9.06. The van der Waals surface area contributed by atoms with Crippen LogP contribution in [0.15, 0.2) is 0 Å². The molecule has 2 nitrogen and oxygen atoms in total. The van der Waals surface area contributed by atoms with E-state index in [4.69, 9.17) is 9.47 Å². The minimum absolute atomic E-state index is 0.249. The number of hydrogen-bond donors (Lipinski definition) is 0. The van der Waals surface area contributed by atoms with Gasteiger partial charge in [-0.05, 0) is 63.7 Å². The standard InChI is InChI=1S/C17H28O2/c1-4-12(11-7-8-14-17(3,10-11)18-14)13-6-5-9-16(2)15(13)19-16/h11-15H,4-10H2,1-3H3. The molecule has 4 fully saturated rings. The molecule has 4 rings (SSSR count). The van der Waals surface area contributed by atoms with Crippen molar-refractivity contribution in [2.45, 2.75) is 89.1 Å². The number of fused-ring (bicyclic) bond motifs is 2. The summed E-state index contributed by atoms with van der Waals surface area (Å²) >= 11 is 0. The summed E-state index contributed by atoms with van der Waals surface area (Å²) in [6.07, 6.45) is 10.5. The van der Waals surface area contributed by atoms with E-state index in [0.29, 0.717) is 12.2 Å². The smallest absolute Gasteiger partial charge is 0.0923 e. The Bertz CT molecular complexity index is 381. The lowest BCUT2D eigenvalue weighted by atomic mass is 9.65. The summed E-state index contributed by atoms with van der Waals surface area (Å²) in [5.41, 5.74) is 0.506. The molecular formula is C17H28O2. The Balaban J connectivity index is 1.48. The number of hydrogen-bond acceptors (Lipinski definition) is 2. The maximum atomic E-state index is 6.08. The highest BCUT2D eigenvalue weighted by atomic mass is 16.6. The van der Waals surface area contributed by atoms with E-state index in [1.807, 2.05) is 0 Å². The molecule has 0 aromatic rings. The fraction of sp³-hybridized carbons (Fsp3) is 1.00. The zero-order valence-corrected chi connectivity index (χ0v) is 12.7. The van der Waals surface area contributed by atoms with Gasteiger partial charge in [-0.1, -0.05) is 19.8 Å². The zero-order valence-electron chi connectivity index (χ0n) is 12.7. The van der Waals surface area contributed by atoms with Gasteiger partial charge < -0.3 is 9.47 Å². The SMILES string of the molecule is CCC(C1CCC2OC2(C)C1)C1CCCC2(C)OC12. The van der Waals surface area contributed by atoms with Gasteiger partial charge in [0.2, 0.25) is 0 Å². The lowest BCUT2D eigenvalue weighted by Crippen LogP contribution is -2.36. The van der Waals surface area contributed by atoms with Crippen LogP contribution in [0.2, 0.25) is 0 Å². The summed E-state index contributed by atoms with van der Waals surface area (Å²) in [6, 6.07) is 0. The highest BCUT2D eigenvalue weighted by molar-refractivity contribution is 5.10. The molecule has 0 N–H and O–H groups in total. The van der Waals surface area contributed by atoms with Crippen LogP contribution in [-0.4, -0.2) is 23.4 Å². The molecule has 7 unspecified atom stereocenters. The molecule has 0 bridgehead atoms. The van der Waals surface area contributed by atoms with Gasteiger partial charge in [-0.15, -0.1) is 0 Å². The monoisotopic (exact) mass is 264 g/mol. The van der Waals surface area contributed by atoms with E-state index in [2.05, 4.69) is 20.8 Å². The van der Waals surface area contributed by atoms with Crippen LogP contribution >= 0.6 is 0 Å². The fourth-order valence-electron chi connectivity index (χ4n) is 5.45. The van der Waals surface area contributed by atoms with Crippen LogP contribution in [0, 0.1) is 17.8 Å². The second-order valence-electron chi connectivity index (χ2n) is 7.94. The summed E-state index contributed by atoms with van der Waals surface area (Å²) in [4.78, 5) is 0. The van der Waals surface area contributed by atoms with Crippen molar-refractivity contribution in [2.24, 2.45) is 17.8 Å². The lowest BCUT2D eigenvalue weighted by molar-refractivity contribution is 0.125. The number of rotatable bonds is 3. The molecule has 2 heterocycles.